The summed E-state index contributed by atoms with van der Waals surface area (Å²) in [4.78, 5) is 23.6. The fourth-order valence-electron chi connectivity index (χ4n) is 5.13. The van der Waals surface area contributed by atoms with E-state index in [1.54, 1.807) is 6.20 Å². The van der Waals surface area contributed by atoms with Crippen molar-refractivity contribution in [1.29, 1.82) is 0 Å². The molecule has 1 aliphatic heterocycles. The Morgan fingerprint density at radius 3 is 2.62 bits per heavy atom. The molecule has 1 atom stereocenters. The summed E-state index contributed by atoms with van der Waals surface area (Å²) in [6, 6.07) is 12.6. The van der Waals surface area contributed by atoms with Crippen LogP contribution in [0, 0.1) is 5.92 Å². The molecule has 1 unspecified atom stereocenters. The van der Waals surface area contributed by atoms with E-state index in [1.165, 1.54) is 0 Å². The molecule has 4 aromatic heterocycles. The number of hydrogen-bond acceptors (Lipinski definition) is 6. The van der Waals surface area contributed by atoms with Gasteiger partial charge in [0.05, 0.1) is 5.69 Å². The maximum absolute atomic E-state index is 11.7. The first kappa shape index (κ1) is 23.1. The van der Waals surface area contributed by atoms with Crippen molar-refractivity contribution in [2.75, 3.05) is 18.0 Å². The maximum Gasteiger partial charge on any atom is 0.218 e. The molecule has 9 heteroatoms. The first-order valence-corrected chi connectivity index (χ1v) is 12.8. The fraction of sp³-hybridized carbons (Fsp3) is 0.321. The summed E-state index contributed by atoms with van der Waals surface area (Å²) in [5.41, 5.74) is 4.88. The molecular weight excluding hydrogens is 464 g/mol. The third kappa shape index (κ3) is 4.10. The highest BCUT2D eigenvalue weighted by molar-refractivity contribution is 5.98. The van der Waals surface area contributed by atoms with Gasteiger partial charge in [0.15, 0.2) is 11.6 Å². The SMILES string of the molecule is CC(C)n1ccc(-c2cn3nc(-c4nccn4C)nc(N4CCCC(C=O)C4)c3c2-c2ccccc2)n1. The predicted octanol–water partition coefficient (Wildman–Crippen LogP) is 4.66. The number of imidazole rings is 1. The Hall–Kier alpha value is -4.27. The molecular formula is C28H30N8O. The molecule has 37 heavy (non-hydrogen) atoms. The van der Waals surface area contributed by atoms with Crippen molar-refractivity contribution in [3.05, 3.63) is 61.2 Å². The van der Waals surface area contributed by atoms with Crippen molar-refractivity contribution in [2.45, 2.75) is 32.7 Å². The summed E-state index contributed by atoms with van der Waals surface area (Å²) in [5.74, 6) is 2.02. The molecule has 1 aliphatic rings. The number of aldehydes is 1. The molecule has 0 N–H and O–H groups in total. The number of nitrogens with zero attached hydrogens (tertiary/aromatic N) is 8. The van der Waals surface area contributed by atoms with Gasteiger partial charge in [0.2, 0.25) is 5.82 Å². The Labute approximate surface area is 215 Å². The largest absolute Gasteiger partial charge is 0.354 e. The fourth-order valence-corrected chi connectivity index (χ4v) is 5.13. The van der Waals surface area contributed by atoms with E-state index in [9.17, 15) is 4.79 Å². The monoisotopic (exact) mass is 494 g/mol. The normalized spacial score (nSPS) is 16.1. The molecule has 0 saturated carbocycles. The van der Waals surface area contributed by atoms with Crippen molar-refractivity contribution >= 4 is 17.6 Å². The minimum atomic E-state index is -0.0169. The average molecular weight is 495 g/mol. The van der Waals surface area contributed by atoms with Crippen LogP contribution in [0.4, 0.5) is 5.82 Å². The quantitative estimate of drug-likeness (QED) is 0.319. The van der Waals surface area contributed by atoms with Crippen molar-refractivity contribution in [3.63, 3.8) is 0 Å². The molecule has 1 fully saturated rings. The number of hydrogen-bond donors (Lipinski definition) is 0. The molecule has 9 nitrogen and oxygen atoms in total. The highest BCUT2D eigenvalue weighted by Gasteiger charge is 2.28. The number of aromatic nitrogens is 7. The number of aryl methyl sites for hydroxylation is 1. The van der Waals surface area contributed by atoms with E-state index in [1.807, 2.05) is 57.6 Å². The molecule has 0 amide bonds. The van der Waals surface area contributed by atoms with Gasteiger partial charge >= 0.3 is 0 Å². The number of carbonyl (C=O) groups excluding carboxylic acids is 1. The Kier molecular flexibility index (Phi) is 5.82. The molecule has 1 saturated heterocycles. The van der Waals surface area contributed by atoms with Gasteiger partial charge in [0.25, 0.3) is 0 Å². The zero-order valence-electron chi connectivity index (χ0n) is 21.3. The van der Waals surface area contributed by atoms with Gasteiger partial charge in [0.1, 0.15) is 11.8 Å². The summed E-state index contributed by atoms with van der Waals surface area (Å²) in [7, 11) is 1.94. The molecule has 1 aromatic carbocycles. The van der Waals surface area contributed by atoms with Crippen LogP contribution in [0.1, 0.15) is 32.7 Å². The van der Waals surface area contributed by atoms with E-state index in [0.29, 0.717) is 18.2 Å². The lowest BCUT2D eigenvalue weighted by Gasteiger charge is -2.32. The van der Waals surface area contributed by atoms with Crippen molar-refractivity contribution in [3.8, 4) is 34.0 Å². The van der Waals surface area contributed by atoms with E-state index in [-0.39, 0.29) is 12.0 Å². The number of anilines is 1. The minimum Gasteiger partial charge on any atom is -0.354 e. The Balaban J connectivity index is 1.65. The van der Waals surface area contributed by atoms with Gasteiger partial charge in [-0.25, -0.2) is 14.5 Å². The Morgan fingerprint density at radius 2 is 1.92 bits per heavy atom. The maximum atomic E-state index is 11.7. The standard InChI is InChI=1S/C28H30N8O/c1-19(2)35-14-11-23(31-35)22-17-36-25(24(22)21-9-5-4-6-10-21)27(34-13-7-8-20(16-34)18-37)30-26(32-36)28-29-12-15-33(28)3/h4-6,9-12,14-15,17-20H,7-8,13,16H2,1-3H3. The van der Waals surface area contributed by atoms with E-state index in [2.05, 4.69) is 41.9 Å². The number of benzene rings is 1. The van der Waals surface area contributed by atoms with Crippen LogP contribution in [-0.2, 0) is 11.8 Å². The summed E-state index contributed by atoms with van der Waals surface area (Å²) < 4.78 is 5.81. The van der Waals surface area contributed by atoms with Crippen molar-refractivity contribution in [1.82, 2.24) is 33.9 Å². The molecule has 0 spiro atoms. The van der Waals surface area contributed by atoms with Gasteiger partial charge < -0.3 is 14.3 Å². The van der Waals surface area contributed by atoms with Gasteiger partial charge in [-0.3, -0.25) is 4.68 Å². The second-order valence-electron chi connectivity index (χ2n) is 9.96. The number of carbonyl (C=O) groups is 1. The summed E-state index contributed by atoms with van der Waals surface area (Å²) >= 11 is 0. The van der Waals surface area contributed by atoms with Gasteiger partial charge in [-0.1, -0.05) is 30.3 Å². The van der Waals surface area contributed by atoms with E-state index in [0.717, 1.165) is 59.4 Å². The van der Waals surface area contributed by atoms with Gasteiger partial charge in [-0.15, -0.1) is 5.10 Å². The number of rotatable bonds is 6. The number of piperidine rings is 1. The zero-order chi connectivity index (χ0) is 25.5. The van der Waals surface area contributed by atoms with E-state index >= 15 is 0 Å². The van der Waals surface area contributed by atoms with Crippen LogP contribution in [-0.4, -0.2) is 53.3 Å². The van der Waals surface area contributed by atoms with Crippen LogP contribution in [0.5, 0.6) is 0 Å². The second kappa shape index (κ2) is 9.31. The molecule has 5 heterocycles. The lowest BCUT2D eigenvalue weighted by Crippen LogP contribution is -2.37. The zero-order valence-corrected chi connectivity index (χ0v) is 21.3. The third-order valence-corrected chi connectivity index (χ3v) is 7.06. The third-order valence-electron chi connectivity index (χ3n) is 7.06. The smallest absolute Gasteiger partial charge is 0.218 e. The summed E-state index contributed by atoms with van der Waals surface area (Å²) in [6.07, 6.45) is 10.6. The van der Waals surface area contributed by atoms with Gasteiger partial charge in [-0.05, 0) is 38.3 Å². The topological polar surface area (TPSA) is 86.1 Å². The molecule has 188 valence electrons. The summed E-state index contributed by atoms with van der Waals surface area (Å²) in [5, 5.41) is 9.83. The Morgan fingerprint density at radius 1 is 1.08 bits per heavy atom. The van der Waals surface area contributed by atoms with Crippen molar-refractivity contribution in [2.24, 2.45) is 13.0 Å². The highest BCUT2D eigenvalue weighted by atomic mass is 16.1. The summed E-state index contributed by atoms with van der Waals surface area (Å²) in [6.45, 7) is 5.70. The molecule has 0 aliphatic carbocycles. The van der Waals surface area contributed by atoms with Crippen LogP contribution in [0.25, 0.3) is 39.5 Å². The number of fused-ring (bicyclic) bond motifs is 1. The first-order chi connectivity index (χ1) is 18.0. The molecule has 5 aromatic rings. The molecule has 0 radical (unpaired) electrons. The molecule has 6 rings (SSSR count). The van der Waals surface area contributed by atoms with E-state index in [4.69, 9.17) is 15.2 Å². The van der Waals surface area contributed by atoms with Gasteiger partial charge in [0, 0.05) is 68.0 Å². The van der Waals surface area contributed by atoms with Crippen LogP contribution in [0.3, 0.4) is 0 Å². The van der Waals surface area contributed by atoms with Crippen LogP contribution in [0.2, 0.25) is 0 Å². The van der Waals surface area contributed by atoms with Crippen LogP contribution in [0.15, 0.2) is 61.2 Å². The predicted molar refractivity (Wildman–Crippen MR) is 143 cm³/mol. The second-order valence-corrected chi connectivity index (χ2v) is 9.96. The minimum absolute atomic E-state index is 0.0169. The van der Waals surface area contributed by atoms with Crippen LogP contribution >= 0.6 is 0 Å². The molecule has 0 bridgehead atoms. The van der Waals surface area contributed by atoms with Crippen LogP contribution < -0.4 is 4.90 Å². The Bertz CT molecular complexity index is 1560. The lowest BCUT2D eigenvalue weighted by molar-refractivity contribution is -0.111. The first-order valence-electron chi connectivity index (χ1n) is 12.8. The highest BCUT2D eigenvalue weighted by Crippen LogP contribution is 2.41. The van der Waals surface area contributed by atoms with E-state index < -0.39 is 0 Å². The van der Waals surface area contributed by atoms with Gasteiger partial charge in [-0.2, -0.15) is 5.10 Å². The van der Waals surface area contributed by atoms with Crippen molar-refractivity contribution < 1.29 is 4.79 Å². The lowest BCUT2D eigenvalue weighted by atomic mass is 9.98. The average Bonchev–Trinajstić information content (AvgIpc) is 3.66.